The summed E-state index contributed by atoms with van der Waals surface area (Å²) in [6.45, 7) is 2.36. The van der Waals surface area contributed by atoms with E-state index in [1.54, 1.807) is 13.2 Å². The molecular formula is C30H35F3N2O3. The highest BCUT2D eigenvalue weighted by molar-refractivity contribution is 5.83. The molecule has 0 aliphatic carbocycles. The third-order valence-corrected chi connectivity index (χ3v) is 7.67. The molecular weight excluding hydrogens is 493 g/mol. The molecule has 5 nitrogen and oxygen atoms in total. The van der Waals surface area contributed by atoms with Crippen LogP contribution in [0.25, 0.3) is 10.9 Å². The number of likely N-dealkylation sites (tertiary alicyclic amines) is 1. The number of nitrogens with zero attached hydrogens (tertiary/aromatic N) is 2. The molecule has 2 atom stereocenters. The Bertz CT molecular complexity index is 1230. The largest absolute Gasteiger partial charge is 0.497 e. The summed E-state index contributed by atoms with van der Waals surface area (Å²) >= 11 is 0. The van der Waals surface area contributed by atoms with Crippen LogP contribution in [0.15, 0.2) is 54.7 Å². The Labute approximate surface area is 221 Å². The number of carbonyl (C=O) groups is 1. The quantitative estimate of drug-likeness (QED) is 0.303. The molecule has 204 valence electrons. The SMILES string of the molecule is COc1ccc2nccc(CCC[C@@H]3CCN(CCCc4cccc(C(F)(F)F)c4)C[C@@H]3CC(=O)O)c2c1. The van der Waals surface area contributed by atoms with E-state index in [2.05, 4.69) is 9.88 Å². The lowest BCUT2D eigenvalue weighted by Crippen LogP contribution is -2.41. The first kappa shape index (κ1) is 27.9. The molecule has 0 amide bonds. The van der Waals surface area contributed by atoms with Gasteiger partial charge in [-0.15, -0.1) is 0 Å². The zero-order valence-electron chi connectivity index (χ0n) is 21.7. The number of carboxylic acid groups (broad SMARTS) is 1. The Kier molecular flexibility index (Phi) is 9.26. The van der Waals surface area contributed by atoms with Gasteiger partial charge in [-0.25, -0.2) is 0 Å². The summed E-state index contributed by atoms with van der Waals surface area (Å²) < 4.78 is 44.3. The molecule has 4 rings (SSSR count). The summed E-state index contributed by atoms with van der Waals surface area (Å²) in [5.74, 6) is 0.435. The molecule has 0 bridgehead atoms. The van der Waals surface area contributed by atoms with Gasteiger partial charge < -0.3 is 14.7 Å². The van der Waals surface area contributed by atoms with E-state index in [0.717, 1.165) is 74.5 Å². The van der Waals surface area contributed by atoms with Crippen LogP contribution in [0, 0.1) is 11.8 Å². The van der Waals surface area contributed by atoms with E-state index in [-0.39, 0.29) is 12.3 Å². The van der Waals surface area contributed by atoms with E-state index in [9.17, 15) is 23.1 Å². The molecule has 1 fully saturated rings. The van der Waals surface area contributed by atoms with Crippen molar-refractivity contribution in [3.63, 3.8) is 0 Å². The van der Waals surface area contributed by atoms with Gasteiger partial charge in [-0.2, -0.15) is 13.2 Å². The minimum atomic E-state index is -4.33. The van der Waals surface area contributed by atoms with Crippen molar-refractivity contribution in [2.45, 2.75) is 51.1 Å². The molecule has 1 N–H and O–H groups in total. The monoisotopic (exact) mass is 528 g/mol. The average molecular weight is 529 g/mol. The summed E-state index contributed by atoms with van der Waals surface area (Å²) in [7, 11) is 1.65. The predicted molar refractivity (Wildman–Crippen MR) is 141 cm³/mol. The number of aliphatic carboxylic acids is 1. The first-order valence-corrected chi connectivity index (χ1v) is 13.2. The average Bonchev–Trinajstić information content (AvgIpc) is 2.89. The molecule has 0 unspecified atom stereocenters. The number of piperidine rings is 1. The molecule has 8 heteroatoms. The van der Waals surface area contributed by atoms with Gasteiger partial charge in [0.2, 0.25) is 0 Å². The van der Waals surface area contributed by atoms with Gasteiger partial charge in [0.15, 0.2) is 0 Å². The van der Waals surface area contributed by atoms with Crippen molar-refractivity contribution in [1.82, 2.24) is 9.88 Å². The number of hydrogen-bond acceptors (Lipinski definition) is 4. The number of fused-ring (bicyclic) bond motifs is 1. The van der Waals surface area contributed by atoms with Crippen LogP contribution in [0.2, 0.25) is 0 Å². The lowest BCUT2D eigenvalue weighted by molar-refractivity contribution is -0.139. The number of halogens is 3. The zero-order chi connectivity index (χ0) is 27.1. The second-order valence-corrected chi connectivity index (χ2v) is 10.3. The maximum absolute atomic E-state index is 13.0. The minimum Gasteiger partial charge on any atom is -0.497 e. The summed E-state index contributed by atoms with van der Waals surface area (Å²) in [6, 6.07) is 13.4. The first-order valence-electron chi connectivity index (χ1n) is 13.2. The summed E-state index contributed by atoms with van der Waals surface area (Å²) in [6.07, 6.45) is 2.70. The van der Waals surface area contributed by atoms with E-state index in [1.807, 2.05) is 30.5 Å². The fourth-order valence-corrected chi connectivity index (χ4v) is 5.69. The Morgan fingerprint density at radius 1 is 1.11 bits per heavy atom. The molecule has 2 aromatic carbocycles. The highest BCUT2D eigenvalue weighted by atomic mass is 19.4. The van der Waals surface area contributed by atoms with Crippen molar-refractivity contribution in [3.8, 4) is 5.75 Å². The number of alkyl halides is 3. The number of rotatable bonds is 11. The Hall–Kier alpha value is -3.13. The number of pyridine rings is 1. The molecule has 1 aliphatic rings. The molecule has 0 radical (unpaired) electrons. The summed E-state index contributed by atoms with van der Waals surface area (Å²) in [4.78, 5) is 18.3. The number of hydrogen-bond donors (Lipinski definition) is 1. The smallest absolute Gasteiger partial charge is 0.416 e. The second kappa shape index (κ2) is 12.6. The van der Waals surface area contributed by atoms with Crippen molar-refractivity contribution >= 4 is 16.9 Å². The zero-order valence-corrected chi connectivity index (χ0v) is 21.7. The highest BCUT2D eigenvalue weighted by Crippen LogP contribution is 2.32. The van der Waals surface area contributed by atoms with Crippen molar-refractivity contribution in [3.05, 3.63) is 71.4 Å². The van der Waals surface area contributed by atoms with Crippen LogP contribution >= 0.6 is 0 Å². The van der Waals surface area contributed by atoms with Crippen LogP contribution in [0.5, 0.6) is 5.75 Å². The van der Waals surface area contributed by atoms with Crippen LogP contribution in [0.4, 0.5) is 13.2 Å². The van der Waals surface area contributed by atoms with Crippen LogP contribution in [0.1, 0.15) is 48.8 Å². The van der Waals surface area contributed by atoms with Crippen LogP contribution < -0.4 is 4.74 Å². The molecule has 1 aromatic heterocycles. The van der Waals surface area contributed by atoms with Crippen molar-refractivity contribution in [1.29, 1.82) is 0 Å². The van der Waals surface area contributed by atoms with Crippen molar-refractivity contribution in [2.75, 3.05) is 26.7 Å². The van der Waals surface area contributed by atoms with E-state index in [1.165, 1.54) is 17.7 Å². The number of aryl methyl sites for hydroxylation is 2. The van der Waals surface area contributed by atoms with Gasteiger partial charge in [-0.05, 0) is 105 Å². The van der Waals surface area contributed by atoms with Crippen LogP contribution in [-0.2, 0) is 23.8 Å². The van der Waals surface area contributed by atoms with Gasteiger partial charge in [0.1, 0.15) is 5.75 Å². The standard InChI is InChI=1S/C30H35F3N2O3/c1-38-26-10-11-28-27(19-26)23(12-14-34-28)8-3-7-22-13-16-35(20-24(22)18-29(36)37)15-4-6-21-5-2-9-25(17-21)30(31,32)33/h2,5,9-12,14,17,19,22,24H,3-4,6-8,13,15-16,18,20H2,1H3,(H,36,37)/t22-,24+/m1/s1. The molecule has 3 aromatic rings. The lowest BCUT2D eigenvalue weighted by atomic mass is 9.79. The van der Waals surface area contributed by atoms with Gasteiger partial charge in [0, 0.05) is 24.5 Å². The maximum atomic E-state index is 13.0. The topological polar surface area (TPSA) is 62.7 Å². The maximum Gasteiger partial charge on any atom is 0.416 e. The fourth-order valence-electron chi connectivity index (χ4n) is 5.69. The van der Waals surface area contributed by atoms with Gasteiger partial charge in [-0.3, -0.25) is 9.78 Å². The van der Waals surface area contributed by atoms with Gasteiger partial charge >= 0.3 is 12.1 Å². The van der Waals surface area contributed by atoms with Gasteiger partial charge in [0.25, 0.3) is 0 Å². The highest BCUT2D eigenvalue weighted by Gasteiger charge is 2.31. The number of ether oxygens (including phenoxy) is 1. The van der Waals surface area contributed by atoms with Gasteiger partial charge in [-0.1, -0.05) is 18.2 Å². The molecule has 2 heterocycles. The Balaban J connectivity index is 1.30. The lowest BCUT2D eigenvalue weighted by Gasteiger charge is -2.38. The number of carboxylic acids is 1. The summed E-state index contributed by atoms with van der Waals surface area (Å²) in [5, 5.41) is 10.6. The first-order chi connectivity index (χ1) is 18.2. The van der Waals surface area contributed by atoms with Crippen molar-refractivity contribution in [2.24, 2.45) is 11.8 Å². The summed E-state index contributed by atoms with van der Waals surface area (Å²) in [5.41, 5.74) is 2.22. The molecule has 1 aliphatic heterocycles. The van der Waals surface area contributed by atoms with Crippen molar-refractivity contribution < 1.29 is 27.8 Å². The van der Waals surface area contributed by atoms with Crippen LogP contribution in [0.3, 0.4) is 0 Å². The normalized spacial score (nSPS) is 18.5. The molecule has 38 heavy (non-hydrogen) atoms. The van der Waals surface area contributed by atoms with E-state index in [4.69, 9.17) is 4.74 Å². The van der Waals surface area contributed by atoms with E-state index in [0.29, 0.717) is 17.9 Å². The fraction of sp³-hybridized carbons (Fsp3) is 0.467. The van der Waals surface area contributed by atoms with E-state index >= 15 is 0 Å². The Morgan fingerprint density at radius 3 is 2.71 bits per heavy atom. The number of methoxy groups -OCH3 is 1. The van der Waals surface area contributed by atoms with Gasteiger partial charge in [0.05, 0.1) is 18.2 Å². The minimum absolute atomic E-state index is 0.0732. The molecule has 0 spiro atoms. The molecule has 0 saturated carbocycles. The predicted octanol–water partition coefficient (Wildman–Crippen LogP) is 6.63. The second-order valence-electron chi connectivity index (χ2n) is 10.3. The third kappa shape index (κ3) is 7.47. The number of benzene rings is 2. The molecule has 1 saturated heterocycles. The number of aromatic nitrogens is 1. The van der Waals surface area contributed by atoms with E-state index < -0.39 is 17.7 Å². The Morgan fingerprint density at radius 2 is 1.95 bits per heavy atom. The van der Waals surface area contributed by atoms with Crippen LogP contribution in [-0.4, -0.2) is 47.7 Å². The third-order valence-electron chi connectivity index (χ3n) is 7.67.